The molecule has 0 spiro atoms. The van der Waals surface area contributed by atoms with E-state index in [1.807, 2.05) is 6.07 Å². The molecular formula is C19H26N2O2. The average molecular weight is 314 g/mol. The van der Waals surface area contributed by atoms with Crippen molar-refractivity contribution in [2.45, 2.75) is 51.6 Å². The van der Waals surface area contributed by atoms with Gasteiger partial charge in [0.1, 0.15) is 0 Å². The molecule has 1 aromatic carbocycles. The largest absolute Gasteiger partial charge is 0.295 e. The van der Waals surface area contributed by atoms with Crippen molar-refractivity contribution in [1.82, 2.24) is 10.4 Å². The number of nitrogens with one attached hydrogen (secondary N) is 1. The van der Waals surface area contributed by atoms with Gasteiger partial charge in [-0.3, -0.25) is 14.9 Å². The summed E-state index contributed by atoms with van der Waals surface area (Å²) in [7, 11) is 0. The van der Waals surface area contributed by atoms with Crippen molar-refractivity contribution in [3.63, 3.8) is 0 Å². The third kappa shape index (κ3) is 4.43. The number of hydroxylamine groups is 1. The van der Waals surface area contributed by atoms with Crippen LogP contribution in [0.1, 0.15) is 55.2 Å². The van der Waals surface area contributed by atoms with Gasteiger partial charge in [0.2, 0.25) is 0 Å². The quantitative estimate of drug-likeness (QED) is 0.497. The Morgan fingerprint density at radius 2 is 2.00 bits per heavy atom. The number of hydrogen-bond donors (Lipinski definition) is 2. The third-order valence-corrected chi connectivity index (χ3v) is 5.13. The summed E-state index contributed by atoms with van der Waals surface area (Å²) in [6, 6.07) is 6.34. The van der Waals surface area contributed by atoms with Crippen LogP contribution in [0.15, 0.2) is 24.3 Å². The van der Waals surface area contributed by atoms with E-state index in [0.717, 1.165) is 24.6 Å². The zero-order chi connectivity index (χ0) is 16.1. The summed E-state index contributed by atoms with van der Waals surface area (Å²) in [6.45, 7) is 3.25. The second kappa shape index (κ2) is 7.75. The lowest BCUT2D eigenvalue weighted by Crippen LogP contribution is -2.21. The highest BCUT2D eigenvalue weighted by molar-refractivity contribution is 5.90. The van der Waals surface area contributed by atoms with Gasteiger partial charge in [0.05, 0.1) is 0 Å². The van der Waals surface area contributed by atoms with E-state index in [0.29, 0.717) is 0 Å². The molecule has 1 aromatic rings. The van der Waals surface area contributed by atoms with Gasteiger partial charge in [0.15, 0.2) is 0 Å². The molecule has 3 rings (SSSR count). The minimum absolute atomic E-state index is 0.500. The molecule has 1 amide bonds. The van der Waals surface area contributed by atoms with Crippen molar-refractivity contribution >= 4 is 12.0 Å². The van der Waals surface area contributed by atoms with Gasteiger partial charge in [-0.15, -0.1) is 0 Å². The monoisotopic (exact) mass is 314 g/mol. The van der Waals surface area contributed by atoms with Gasteiger partial charge in [-0.2, -0.15) is 0 Å². The van der Waals surface area contributed by atoms with Crippen LogP contribution in [0.25, 0.3) is 6.08 Å². The standard InChI is InChI=1S/C19H26N2O2/c22-19(20-23)9-7-16-6-8-17-13-21(14-18(17)12-16)11-10-15-4-2-1-3-5-15/h6-9,12,15,23H,1-5,10-11,13-14H2,(H,20,22). The topological polar surface area (TPSA) is 52.6 Å². The first-order chi connectivity index (χ1) is 11.2. The molecule has 1 fully saturated rings. The van der Waals surface area contributed by atoms with Crippen LogP contribution in [0.2, 0.25) is 0 Å². The van der Waals surface area contributed by atoms with Gasteiger partial charge in [-0.1, -0.05) is 50.3 Å². The first kappa shape index (κ1) is 16.2. The molecule has 124 valence electrons. The molecule has 2 N–H and O–H groups in total. The zero-order valence-corrected chi connectivity index (χ0v) is 13.6. The average Bonchev–Trinajstić information content (AvgIpc) is 3.01. The van der Waals surface area contributed by atoms with E-state index < -0.39 is 5.91 Å². The molecule has 0 radical (unpaired) electrons. The predicted molar refractivity (Wildman–Crippen MR) is 90.7 cm³/mol. The molecule has 23 heavy (non-hydrogen) atoms. The van der Waals surface area contributed by atoms with Crippen LogP contribution in [0.4, 0.5) is 0 Å². The molecule has 1 heterocycles. The number of benzene rings is 1. The summed E-state index contributed by atoms with van der Waals surface area (Å²) in [5.41, 5.74) is 5.37. The van der Waals surface area contributed by atoms with Crippen LogP contribution in [0.5, 0.6) is 0 Å². The van der Waals surface area contributed by atoms with Crippen molar-refractivity contribution < 1.29 is 10.0 Å². The maximum absolute atomic E-state index is 11.1. The highest BCUT2D eigenvalue weighted by atomic mass is 16.5. The number of fused-ring (bicyclic) bond motifs is 1. The van der Waals surface area contributed by atoms with Gasteiger partial charge < -0.3 is 0 Å². The van der Waals surface area contributed by atoms with Crippen molar-refractivity contribution in [3.8, 4) is 0 Å². The normalized spacial score (nSPS) is 19.2. The smallest absolute Gasteiger partial charge is 0.267 e. The van der Waals surface area contributed by atoms with E-state index in [-0.39, 0.29) is 0 Å². The SMILES string of the molecule is O=C(C=Cc1ccc2c(c1)CN(CCC1CCCCC1)C2)NO. The van der Waals surface area contributed by atoms with Gasteiger partial charge in [0, 0.05) is 19.2 Å². The number of rotatable bonds is 5. The Hall–Kier alpha value is -1.65. The molecule has 0 saturated heterocycles. The third-order valence-electron chi connectivity index (χ3n) is 5.13. The number of hydrogen-bond acceptors (Lipinski definition) is 3. The minimum Gasteiger partial charge on any atom is -0.295 e. The van der Waals surface area contributed by atoms with Crippen LogP contribution in [-0.4, -0.2) is 22.6 Å². The van der Waals surface area contributed by atoms with Crippen LogP contribution in [-0.2, 0) is 17.9 Å². The first-order valence-corrected chi connectivity index (χ1v) is 8.71. The van der Waals surface area contributed by atoms with E-state index in [9.17, 15) is 4.79 Å². The Labute approximate surface area is 138 Å². The van der Waals surface area contributed by atoms with Crippen molar-refractivity contribution in [3.05, 3.63) is 41.0 Å². The van der Waals surface area contributed by atoms with Crippen LogP contribution >= 0.6 is 0 Å². The molecule has 0 bridgehead atoms. The fraction of sp³-hybridized carbons (Fsp3) is 0.526. The molecule has 4 nitrogen and oxygen atoms in total. The molecule has 0 unspecified atom stereocenters. The van der Waals surface area contributed by atoms with Crippen LogP contribution in [0.3, 0.4) is 0 Å². The highest BCUT2D eigenvalue weighted by Crippen LogP contribution is 2.29. The summed E-state index contributed by atoms with van der Waals surface area (Å²) in [6.07, 6.45) is 11.5. The van der Waals surface area contributed by atoms with Crippen molar-refractivity contribution in [2.24, 2.45) is 5.92 Å². The van der Waals surface area contributed by atoms with E-state index >= 15 is 0 Å². The highest BCUT2D eigenvalue weighted by Gasteiger charge is 2.20. The summed E-state index contributed by atoms with van der Waals surface area (Å²) >= 11 is 0. The fourth-order valence-electron chi connectivity index (χ4n) is 3.80. The molecule has 4 heteroatoms. The zero-order valence-electron chi connectivity index (χ0n) is 13.6. The summed E-state index contributed by atoms with van der Waals surface area (Å²) in [4.78, 5) is 13.6. The van der Waals surface area contributed by atoms with E-state index in [4.69, 9.17) is 5.21 Å². The van der Waals surface area contributed by atoms with Crippen LogP contribution in [0, 0.1) is 5.92 Å². The Kier molecular flexibility index (Phi) is 5.47. The van der Waals surface area contributed by atoms with E-state index in [1.165, 1.54) is 62.3 Å². The lowest BCUT2D eigenvalue weighted by molar-refractivity contribution is -0.124. The van der Waals surface area contributed by atoms with Gasteiger partial charge >= 0.3 is 0 Å². The maximum atomic E-state index is 11.1. The molecule has 0 atom stereocenters. The maximum Gasteiger partial charge on any atom is 0.267 e. The predicted octanol–water partition coefficient (Wildman–Crippen LogP) is 3.49. The summed E-state index contributed by atoms with van der Waals surface area (Å²) in [5, 5.41) is 8.51. The molecule has 1 aliphatic heterocycles. The number of nitrogens with zero attached hydrogens (tertiary/aromatic N) is 1. The molecule has 0 aromatic heterocycles. The molecule has 2 aliphatic rings. The lowest BCUT2D eigenvalue weighted by Gasteiger charge is -2.24. The second-order valence-corrected chi connectivity index (χ2v) is 6.84. The van der Waals surface area contributed by atoms with E-state index in [1.54, 1.807) is 11.6 Å². The van der Waals surface area contributed by atoms with E-state index in [2.05, 4.69) is 17.0 Å². The second-order valence-electron chi connectivity index (χ2n) is 6.84. The van der Waals surface area contributed by atoms with Gasteiger partial charge in [-0.25, -0.2) is 5.48 Å². The Bertz CT molecular complexity index is 577. The number of carbonyl (C=O) groups is 1. The first-order valence-electron chi connectivity index (χ1n) is 8.71. The van der Waals surface area contributed by atoms with Crippen molar-refractivity contribution in [1.29, 1.82) is 0 Å². The molecule has 1 aliphatic carbocycles. The minimum atomic E-state index is -0.500. The number of carbonyl (C=O) groups excluding carboxylic acids is 1. The molecule has 1 saturated carbocycles. The fourth-order valence-corrected chi connectivity index (χ4v) is 3.80. The van der Waals surface area contributed by atoms with Crippen molar-refractivity contribution in [2.75, 3.05) is 6.54 Å². The summed E-state index contributed by atoms with van der Waals surface area (Å²) < 4.78 is 0. The lowest BCUT2D eigenvalue weighted by atomic mass is 9.87. The molecular weight excluding hydrogens is 288 g/mol. The number of amides is 1. The Morgan fingerprint density at radius 1 is 1.22 bits per heavy atom. The van der Waals surface area contributed by atoms with Crippen LogP contribution < -0.4 is 5.48 Å². The Balaban J connectivity index is 1.53. The van der Waals surface area contributed by atoms with Gasteiger partial charge in [-0.05, 0) is 41.6 Å². The van der Waals surface area contributed by atoms with Gasteiger partial charge in [0.25, 0.3) is 5.91 Å². The Morgan fingerprint density at radius 3 is 2.78 bits per heavy atom. The summed E-state index contributed by atoms with van der Waals surface area (Å²) in [5.74, 6) is 0.433.